The fraction of sp³-hybridized carbons (Fsp3) is 0.250. The molecule has 9 heteroatoms. The topological polar surface area (TPSA) is 104 Å². The molecule has 1 aliphatic rings. The number of halogens is 1. The number of likely N-dealkylation sites (tertiary alicyclic amines) is 1. The molecular weight excluding hydrogens is 375 g/mol. The van der Waals surface area contributed by atoms with Crippen molar-refractivity contribution >= 4 is 17.5 Å². The summed E-state index contributed by atoms with van der Waals surface area (Å²) in [6.07, 6.45) is 4.60. The second kappa shape index (κ2) is 7.78. The standard InChI is InChI=1S/C20H19FN6O2/c1-12-15(19(28)25-14-6-4-13(21)5-7-14)11-22-18(24-12)17-3-2-10-27(17)20(29)16-8-9-23-26-16/h4-9,11,17H,2-3,10H2,1H3,(H,23,26)(H,25,28). The predicted octanol–water partition coefficient (Wildman–Crippen LogP) is 2.88. The smallest absolute Gasteiger partial charge is 0.272 e. The third-order valence-corrected chi connectivity index (χ3v) is 4.89. The van der Waals surface area contributed by atoms with Crippen molar-refractivity contribution < 1.29 is 14.0 Å². The summed E-state index contributed by atoms with van der Waals surface area (Å²) in [7, 11) is 0. The average molecular weight is 394 g/mol. The molecule has 3 aromatic rings. The van der Waals surface area contributed by atoms with Crippen molar-refractivity contribution in [3.63, 3.8) is 0 Å². The molecule has 4 rings (SSSR count). The summed E-state index contributed by atoms with van der Waals surface area (Å²) in [6, 6.07) is 6.89. The maximum absolute atomic E-state index is 13.0. The van der Waals surface area contributed by atoms with Gasteiger partial charge in [-0.2, -0.15) is 5.10 Å². The van der Waals surface area contributed by atoms with Crippen molar-refractivity contribution in [2.75, 3.05) is 11.9 Å². The number of nitrogens with one attached hydrogen (secondary N) is 2. The van der Waals surface area contributed by atoms with E-state index in [0.717, 1.165) is 12.8 Å². The summed E-state index contributed by atoms with van der Waals surface area (Å²) in [6.45, 7) is 2.33. The quantitative estimate of drug-likeness (QED) is 0.708. The van der Waals surface area contributed by atoms with Crippen LogP contribution in [0.25, 0.3) is 0 Å². The number of amides is 2. The SMILES string of the molecule is Cc1nc(C2CCCN2C(=O)c2ccn[nH]2)ncc1C(=O)Nc1ccc(F)cc1. The molecule has 1 saturated heterocycles. The molecule has 8 nitrogen and oxygen atoms in total. The van der Waals surface area contributed by atoms with Crippen molar-refractivity contribution in [2.45, 2.75) is 25.8 Å². The van der Waals surface area contributed by atoms with Gasteiger partial charge in [0.15, 0.2) is 5.82 Å². The first-order valence-corrected chi connectivity index (χ1v) is 9.24. The van der Waals surface area contributed by atoms with E-state index in [1.807, 2.05) is 0 Å². The molecule has 148 valence electrons. The molecule has 1 aliphatic heterocycles. The zero-order chi connectivity index (χ0) is 20.4. The normalized spacial score (nSPS) is 16.1. The minimum atomic E-state index is -0.377. The Bertz CT molecular complexity index is 1040. The number of benzene rings is 1. The third-order valence-electron chi connectivity index (χ3n) is 4.89. The van der Waals surface area contributed by atoms with E-state index in [0.29, 0.717) is 35.0 Å². The number of aromatic amines is 1. The van der Waals surface area contributed by atoms with Gasteiger partial charge in [-0.1, -0.05) is 0 Å². The highest BCUT2D eigenvalue weighted by atomic mass is 19.1. The van der Waals surface area contributed by atoms with Gasteiger partial charge in [-0.05, 0) is 50.1 Å². The van der Waals surface area contributed by atoms with Crippen LogP contribution in [0.1, 0.15) is 51.2 Å². The summed E-state index contributed by atoms with van der Waals surface area (Å²) in [4.78, 5) is 35.8. The van der Waals surface area contributed by atoms with E-state index in [9.17, 15) is 14.0 Å². The van der Waals surface area contributed by atoms with Gasteiger partial charge in [0, 0.05) is 24.6 Å². The number of carbonyl (C=O) groups is 2. The first kappa shape index (κ1) is 18.7. The zero-order valence-corrected chi connectivity index (χ0v) is 15.7. The second-order valence-electron chi connectivity index (χ2n) is 6.82. The number of nitrogens with zero attached hydrogens (tertiary/aromatic N) is 4. The summed E-state index contributed by atoms with van der Waals surface area (Å²) in [5.74, 6) is -0.397. The van der Waals surface area contributed by atoms with Crippen LogP contribution in [0, 0.1) is 12.7 Å². The van der Waals surface area contributed by atoms with Gasteiger partial charge in [0.05, 0.1) is 17.3 Å². The van der Waals surface area contributed by atoms with Crippen molar-refractivity contribution in [3.8, 4) is 0 Å². The largest absolute Gasteiger partial charge is 0.327 e. The Labute approximate surface area is 166 Å². The van der Waals surface area contributed by atoms with Gasteiger partial charge in [-0.3, -0.25) is 14.7 Å². The lowest BCUT2D eigenvalue weighted by Crippen LogP contribution is -2.32. The Morgan fingerprint density at radius 3 is 2.72 bits per heavy atom. The first-order valence-electron chi connectivity index (χ1n) is 9.24. The predicted molar refractivity (Wildman–Crippen MR) is 103 cm³/mol. The number of aryl methyl sites for hydroxylation is 1. The van der Waals surface area contributed by atoms with E-state index in [2.05, 4.69) is 25.5 Å². The van der Waals surface area contributed by atoms with Gasteiger partial charge in [0.2, 0.25) is 0 Å². The number of hydrogen-bond donors (Lipinski definition) is 2. The van der Waals surface area contributed by atoms with Crippen LogP contribution in [-0.4, -0.2) is 43.4 Å². The molecule has 0 spiro atoms. The molecule has 0 saturated carbocycles. The van der Waals surface area contributed by atoms with Crippen LogP contribution >= 0.6 is 0 Å². The molecule has 1 unspecified atom stereocenters. The van der Waals surface area contributed by atoms with E-state index >= 15 is 0 Å². The van der Waals surface area contributed by atoms with Crippen molar-refractivity contribution in [2.24, 2.45) is 0 Å². The van der Waals surface area contributed by atoms with Crippen LogP contribution in [-0.2, 0) is 0 Å². The van der Waals surface area contributed by atoms with Crippen LogP contribution in [0.5, 0.6) is 0 Å². The number of anilines is 1. The number of H-pyrrole nitrogens is 1. The third kappa shape index (κ3) is 3.84. The molecule has 0 bridgehead atoms. The lowest BCUT2D eigenvalue weighted by atomic mass is 10.1. The average Bonchev–Trinajstić information content (AvgIpc) is 3.41. The summed E-state index contributed by atoms with van der Waals surface area (Å²) in [5.41, 5.74) is 1.73. The van der Waals surface area contributed by atoms with Crippen molar-refractivity contribution in [1.82, 2.24) is 25.1 Å². The van der Waals surface area contributed by atoms with Crippen molar-refractivity contribution in [1.29, 1.82) is 0 Å². The Morgan fingerprint density at radius 1 is 1.24 bits per heavy atom. The van der Waals surface area contributed by atoms with Crippen LogP contribution in [0.2, 0.25) is 0 Å². The molecule has 3 heterocycles. The monoisotopic (exact) mass is 394 g/mol. The van der Waals surface area contributed by atoms with Crippen LogP contribution in [0.4, 0.5) is 10.1 Å². The van der Waals surface area contributed by atoms with Gasteiger partial charge in [-0.15, -0.1) is 0 Å². The van der Waals surface area contributed by atoms with Gasteiger partial charge >= 0.3 is 0 Å². The molecule has 1 fully saturated rings. The van der Waals surface area contributed by atoms with Gasteiger partial charge in [0.25, 0.3) is 11.8 Å². The van der Waals surface area contributed by atoms with E-state index in [1.165, 1.54) is 36.7 Å². The van der Waals surface area contributed by atoms with Gasteiger partial charge in [0.1, 0.15) is 11.5 Å². The van der Waals surface area contributed by atoms with E-state index in [4.69, 9.17) is 0 Å². The molecule has 1 atom stereocenters. The molecule has 0 radical (unpaired) electrons. The number of aromatic nitrogens is 4. The van der Waals surface area contributed by atoms with Gasteiger partial charge in [-0.25, -0.2) is 14.4 Å². The molecule has 1 aromatic carbocycles. The van der Waals surface area contributed by atoms with E-state index in [-0.39, 0.29) is 23.7 Å². The Hall–Kier alpha value is -3.62. The number of rotatable bonds is 4. The number of hydrogen-bond acceptors (Lipinski definition) is 5. The molecule has 0 aliphatic carbocycles. The second-order valence-corrected chi connectivity index (χ2v) is 6.82. The fourth-order valence-electron chi connectivity index (χ4n) is 3.41. The lowest BCUT2D eigenvalue weighted by molar-refractivity contribution is 0.0723. The summed E-state index contributed by atoms with van der Waals surface area (Å²) in [5, 5.41) is 9.22. The van der Waals surface area contributed by atoms with E-state index < -0.39 is 0 Å². The highest BCUT2D eigenvalue weighted by Crippen LogP contribution is 2.31. The Morgan fingerprint density at radius 2 is 2.03 bits per heavy atom. The molecular formula is C20H19FN6O2. The zero-order valence-electron chi connectivity index (χ0n) is 15.7. The molecule has 2 aromatic heterocycles. The number of carbonyl (C=O) groups excluding carboxylic acids is 2. The fourth-order valence-corrected chi connectivity index (χ4v) is 3.41. The maximum Gasteiger partial charge on any atom is 0.272 e. The Kier molecular flexibility index (Phi) is 5.03. The summed E-state index contributed by atoms with van der Waals surface area (Å²) >= 11 is 0. The minimum absolute atomic E-state index is 0.149. The highest BCUT2D eigenvalue weighted by molar-refractivity contribution is 6.04. The van der Waals surface area contributed by atoms with Gasteiger partial charge < -0.3 is 10.2 Å². The lowest BCUT2D eigenvalue weighted by Gasteiger charge is -2.23. The first-order chi connectivity index (χ1) is 14.0. The van der Waals surface area contributed by atoms with Crippen molar-refractivity contribution in [3.05, 3.63) is 71.3 Å². The van der Waals surface area contributed by atoms with Crippen LogP contribution in [0.15, 0.2) is 42.7 Å². The Balaban J connectivity index is 1.52. The molecule has 2 N–H and O–H groups in total. The molecule has 2 amide bonds. The van der Waals surface area contributed by atoms with Crippen LogP contribution in [0.3, 0.4) is 0 Å². The summed E-state index contributed by atoms with van der Waals surface area (Å²) < 4.78 is 13.0. The highest BCUT2D eigenvalue weighted by Gasteiger charge is 2.33. The minimum Gasteiger partial charge on any atom is -0.327 e. The van der Waals surface area contributed by atoms with E-state index in [1.54, 1.807) is 17.9 Å². The maximum atomic E-state index is 13.0. The molecule has 29 heavy (non-hydrogen) atoms. The van der Waals surface area contributed by atoms with Crippen LogP contribution < -0.4 is 5.32 Å².